The van der Waals surface area contributed by atoms with Crippen LogP contribution in [-0.4, -0.2) is 22.6 Å². The Balaban J connectivity index is 0.00000243. The summed E-state index contributed by atoms with van der Waals surface area (Å²) in [4.78, 5) is 8.83. The van der Waals surface area contributed by atoms with Crippen molar-refractivity contribution in [2.24, 2.45) is 12.0 Å². The van der Waals surface area contributed by atoms with E-state index >= 15 is 0 Å². The molecular formula is C19H23FIN5. The van der Waals surface area contributed by atoms with E-state index < -0.39 is 0 Å². The first kappa shape index (κ1) is 20.2. The van der Waals surface area contributed by atoms with Crippen LogP contribution in [0.4, 0.5) is 4.39 Å². The molecule has 1 aromatic heterocycles. The Morgan fingerprint density at radius 1 is 1.15 bits per heavy atom. The van der Waals surface area contributed by atoms with Gasteiger partial charge in [-0.1, -0.05) is 24.3 Å². The van der Waals surface area contributed by atoms with E-state index in [1.54, 1.807) is 26.1 Å². The van der Waals surface area contributed by atoms with Crippen molar-refractivity contribution in [3.63, 3.8) is 0 Å². The van der Waals surface area contributed by atoms with Gasteiger partial charge in [-0.25, -0.2) is 9.37 Å². The minimum absolute atomic E-state index is 0. The van der Waals surface area contributed by atoms with Gasteiger partial charge < -0.3 is 15.2 Å². The summed E-state index contributed by atoms with van der Waals surface area (Å²) in [6.07, 6.45) is 0. The third-order valence-electron chi connectivity index (χ3n) is 4.21. The molecule has 0 saturated heterocycles. The van der Waals surface area contributed by atoms with Gasteiger partial charge >= 0.3 is 0 Å². The molecule has 0 aliphatic heterocycles. The molecule has 0 amide bonds. The molecule has 2 aromatic carbocycles. The lowest BCUT2D eigenvalue weighted by molar-refractivity contribution is 0.615. The molecule has 26 heavy (non-hydrogen) atoms. The lowest BCUT2D eigenvalue weighted by Gasteiger charge is -2.12. The number of para-hydroxylation sites is 2. The van der Waals surface area contributed by atoms with E-state index in [9.17, 15) is 4.39 Å². The minimum atomic E-state index is -0.193. The molecule has 0 fully saturated rings. The normalized spacial score (nSPS) is 11.3. The molecule has 3 rings (SSSR count). The molecule has 138 valence electrons. The Bertz CT molecular complexity index is 919. The predicted molar refractivity (Wildman–Crippen MR) is 114 cm³/mol. The van der Waals surface area contributed by atoms with Crippen molar-refractivity contribution in [3.05, 3.63) is 65.2 Å². The van der Waals surface area contributed by atoms with Gasteiger partial charge in [0.05, 0.1) is 17.6 Å². The number of imidazole rings is 1. The van der Waals surface area contributed by atoms with Crippen LogP contribution in [0.3, 0.4) is 0 Å². The van der Waals surface area contributed by atoms with Gasteiger partial charge in [0.15, 0.2) is 5.96 Å². The van der Waals surface area contributed by atoms with Crippen molar-refractivity contribution >= 4 is 41.0 Å². The summed E-state index contributed by atoms with van der Waals surface area (Å²) in [5, 5.41) is 6.44. The summed E-state index contributed by atoms with van der Waals surface area (Å²) >= 11 is 0. The second-order valence-corrected chi connectivity index (χ2v) is 5.94. The zero-order valence-electron chi connectivity index (χ0n) is 15.1. The van der Waals surface area contributed by atoms with Crippen LogP contribution in [0.25, 0.3) is 11.0 Å². The van der Waals surface area contributed by atoms with Gasteiger partial charge in [0.2, 0.25) is 0 Å². The van der Waals surface area contributed by atoms with Crippen molar-refractivity contribution in [2.75, 3.05) is 7.05 Å². The molecule has 2 N–H and O–H groups in total. The summed E-state index contributed by atoms with van der Waals surface area (Å²) in [5.41, 5.74) is 3.58. The van der Waals surface area contributed by atoms with Crippen LogP contribution in [0, 0.1) is 12.7 Å². The Morgan fingerprint density at radius 2 is 1.88 bits per heavy atom. The number of rotatable bonds is 4. The highest BCUT2D eigenvalue weighted by molar-refractivity contribution is 14.0. The number of aryl methyl sites for hydroxylation is 2. The topological polar surface area (TPSA) is 54.2 Å². The zero-order chi connectivity index (χ0) is 17.8. The van der Waals surface area contributed by atoms with Crippen molar-refractivity contribution in [1.82, 2.24) is 20.2 Å². The van der Waals surface area contributed by atoms with Gasteiger partial charge in [0.25, 0.3) is 0 Å². The van der Waals surface area contributed by atoms with E-state index in [-0.39, 0.29) is 29.8 Å². The summed E-state index contributed by atoms with van der Waals surface area (Å²) in [5.74, 6) is 1.38. The van der Waals surface area contributed by atoms with Crippen LogP contribution in [-0.2, 0) is 20.1 Å². The molecule has 0 radical (unpaired) electrons. The Labute approximate surface area is 169 Å². The fraction of sp³-hybridized carbons (Fsp3) is 0.263. The molecule has 7 heteroatoms. The Hall–Kier alpha value is -2.16. The van der Waals surface area contributed by atoms with Crippen LogP contribution in [0.1, 0.15) is 17.0 Å². The monoisotopic (exact) mass is 467 g/mol. The third kappa shape index (κ3) is 4.51. The second kappa shape index (κ2) is 8.98. The smallest absolute Gasteiger partial charge is 0.191 e. The van der Waals surface area contributed by atoms with Crippen molar-refractivity contribution in [2.45, 2.75) is 20.0 Å². The highest BCUT2D eigenvalue weighted by Crippen LogP contribution is 2.14. The number of hydrogen-bond acceptors (Lipinski definition) is 2. The fourth-order valence-corrected chi connectivity index (χ4v) is 2.67. The summed E-state index contributed by atoms with van der Waals surface area (Å²) in [6, 6.07) is 13.3. The number of nitrogens with zero attached hydrogens (tertiary/aromatic N) is 3. The lowest BCUT2D eigenvalue weighted by atomic mass is 10.1. The number of nitrogens with one attached hydrogen (secondary N) is 2. The molecule has 5 nitrogen and oxygen atoms in total. The van der Waals surface area contributed by atoms with Crippen molar-refractivity contribution in [1.29, 1.82) is 0 Å². The fourth-order valence-electron chi connectivity index (χ4n) is 2.67. The quantitative estimate of drug-likeness (QED) is 0.351. The molecule has 1 heterocycles. The number of fused-ring (bicyclic) bond motifs is 1. The average molecular weight is 467 g/mol. The maximum absolute atomic E-state index is 13.6. The van der Waals surface area contributed by atoms with E-state index in [1.807, 2.05) is 37.4 Å². The SMILES string of the molecule is CN=C(NCc1ccc(C)c(F)c1)NCc1nc2ccccc2n1C.I. The molecule has 0 atom stereocenters. The van der Waals surface area contributed by atoms with E-state index in [4.69, 9.17) is 0 Å². The number of benzene rings is 2. The number of halogens is 2. The molecule has 0 bridgehead atoms. The first-order valence-corrected chi connectivity index (χ1v) is 8.18. The summed E-state index contributed by atoms with van der Waals surface area (Å²) in [6.45, 7) is 2.80. The molecular weight excluding hydrogens is 444 g/mol. The standard InChI is InChI=1S/C19H22FN5.HI/c1-13-8-9-14(10-15(13)20)11-22-19(21-2)23-12-18-24-16-6-4-5-7-17(16)25(18)3;/h4-10H,11-12H2,1-3H3,(H2,21,22,23);1H. The molecule has 3 aromatic rings. The predicted octanol–water partition coefficient (Wildman–Crippen LogP) is 3.50. The van der Waals surface area contributed by atoms with E-state index in [0.29, 0.717) is 24.6 Å². The van der Waals surface area contributed by atoms with E-state index in [1.165, 1.54) is 0 Å². The maximum atomic E-state index is 13.6. The highest BCUT2D eigenvalue weighted by Gasteiger charge is 2.08. The first-order valence-electron chi connectivity index (χ1n) is 8.18. The number of guanidine groups is 1. The van der Waals surface area contributed by atoms with E-state index in [0.717, 1.165) is 22.4 Å². The number of aromatic nitrogens is 2. The van der Waals surface area contributed by atoms with Gasteiger partial charge in [0.1, 0.15) is 11.6 Å². The summed E-state index contributed by atoms with van der Waals surface area (Å²) in [7, 11) is 3.71. The number of hydrogen-bond donors (Lipinski definition) is 2. The van der Waals surface area contributed by atoms with Crippen molar-refractivity contribution in [3.8, 4) is 0 Å². The Morgan fingerprint density at radius 3 is 2.58 bits per heavy atom. The van der Waals surface area contributed by atoms with Gasteiger partial charge in [0, 0.05) is 20.6 Å². The van der Waals surface area contributed by atoms with Crippen LogP contribution < -0.4 is 10.6 Å². The Kier molecular flexibility index (Phi) is 6.96. The maximum Gasteiger partial charge on any atom is 0.191 e. The minimum Gasteiger partial charge on any atom is -0.352 e. The van der Waals surface area contributed by atoms with Gasteiger partial charge in [-0.05, 0) is 36.2 Å². The van der Waals surface area contributed by atoms with Gasteiger partial charge in [-0.3, -0.25) is 4.99 Å². The molecule has 0 saturated carbocycles. The number of aliphatic imine (C=N–C) groups is 1. The largest absolute Gasteiger partial charge is 0.352 e. The third-order valence-corrected chi connectivity index (χ3v) is 4.21. The van der Waals surface area contributed by atoms with Crippen LogP contribution in [0.5, 0.6) is 0 Å². The first-order chi connectivity index (χ1) is 12.1. The van der Waals surface area contributed by atoms with E-state index in [2.05, 4.69) is 25.2 Å². The zero-order valence-corrected chi connectivity index (χ0v) is 17.4. The molecule has 0 spiro atoms. The average Bonchev–Trinajstić information content (AvgIpc) is 2.94. The molecule has 0 unspecified atom stereocenters. The summed E-state index contributed by atoms with van der Waals surface area (Å²) < 4.78 is 15.7. The molecule has 0 aliphatic carbocycles. The highest BCUT2D eigenvalue weighted by atomic mass is 127. The van der Waals surface area contributed by atoms with Crippen LogP contribution in [0.2, 0.25) is 0 Å². The van der Waals surface area contributed by atoms with Crippen LogP contribution >= 0.6 is 24.0 Å². The second-order valence-electron chi connectivity index (χ2n) is 5.94. The van der Waals surface area contributed by atoms with Gasteiger partial charge in [-0.2, -0.15) is 0 Å². The molecule has 0 aliphatic rings. The van der Waals surface area contributed by atoms with Gasteiger partial charge in [-0.15, -0.1) is 24.0 Å². The lowest BCUT2D eigenvalue weighted by Crippen LogP contribution is -2.36. The van der Waals surface area contributed by atoms with Crippen molar-refractivity contribution < 1.29 is 4.39 Å². The van der Waals surface area contributed by atoms with Crippen LogP contribution in [0.15, 0.2) is 47.5 Å².